The molecule has 0 amide bonds. The number of hydrogen-bond acceptors (Lipinski definition) is 4. The van der Waals surface area contributed by atoms with Crippen molar-refractivity contribution in [3.8, 4) is 34.0 Å². The Hall–Kier alpha value is -5.98. The third kappa shape index (κ3) is 5.08. The number of aromatic nitrogens is 2. The average Bonchev–Trinajstić information content (AvgIpc) is 3.71. The van der Waals surface area contributed by atoms with Crippen LogP contribution in [0.15, 0.2) is 161 Å². The van der Waals surface area contributed by atoms with Crippen LogP contribution in [0, 0.1) is 0 Å². The summed E-state index contributed by atoms with van der Waals surface area (Å²) in [6.45, 7) is 0. The molecule has 5 aromatic carbocycles. The Kier molecular flexibility index (Phi) is 7.51. The molecule has 0 bridgehead atoms. The summed E-state index contributed by atoms with van der Waals surface area (Å²) in [5.74, 6) is 0.787. The van der Waals surface area contributed by atoms with Crippen LogP contribution < -0.4 is 19.6 Å². The molecule has 3 heterocycles. The van der Waals surface area contributed by atoms with Gasteiger partial charge < -0.3 is 9.30 Å². The van der Waals surface area contributed by atoms with Gasteiger partial charge in [0.15, 0.2) is 4.80 Å². The molecule has 2 aliphatic rings. The molecule has 2 aromatic heterocycles. The van der Waals surface area contributed by atoms with Crippen molar-refractivity contribution in [2.45, 2.75) is 18.9 Å². The predicted molar refractivity (Wildman–Crippen MR) is 202 cm³/mol. The van der Waals surface area contributed by atoms with E-state index in [1.54, 1.807) is 7.11 Å². The number of nitrogens with zero attached hydrogens (tertiary/aromatic N) is 3. The van der Waals surface area contributed by atoms with E-state index >= 15 is 0 Å². The maximum absolute atomic E-state index is 14.8. The maximum atomic E-state index is 14.8. The SMILES string of the molecule is COc1ccc([C@@H]2C3=C(N=c4s/c(=C/c5cc(-c6ccccc6)n(-c6ccccc6)c5-c5ccccc5)c(=O)n42)c2ccccc2CC3)cc1. The van der Waals surface area contributed by atoms with Gasteiger partial charge in [0.25, 0.3) is 5.56 Å². The molecule has 6 heteroatoms. The van der Waals surface area contributed by atoms with Crippen molar-refractivity contribution in [3.63, 3.8) is 0 Å². The van der Waals surface area contributed by atoms with Crippen molar-refractivity contribution in [2.75, 3.05) is 7.11 Å². The van der Waals surface area contributed by atoms with Gasteiger partial charge in [-0.15, -0.1) is 0 Å². The Bertz CT molecular complexity index is 2580. The molecule has 242 valence electrons. The molecule has 50 heavy (non-hydrogen) atoms. The molecule has 0 unspecified atom stereocenters. The van der Waals surface area contributed by atoms with Crippen LogP contribution in [-0.2, 0) is 6.42 Å². The lowest BCUT2D eigenvalue weighted by Crippen LogP contribution is -2.38. The van der Waals surface area contributed by atoms with Gasteiger partial charge in [0, 0.05) is 16.8 Å². The number of rotatable bonds is 6. The molecule has 1 aliphatic carbocycles. The lowest BCUT2D eigenvalue weighted by Gasteiger charge is -2.30. The third-order valence-corrected chi connectivity index (χ3v) is 10.7. The van der Waals surface area contributed by atoms with Gasteiger partial charge in [-0.3, -0.25) is 9.36 Å². The molecule has 1 atom stereocenters. The van der Waals surface area contributed by atoms with Crippen LogP contribution >= 0.6 is 11.3 Å². The number of para-hydroxylation sites is 1. The average molecular weight is 668 g/mol. The summed E-state index contributed by atoms with van der Waals surface area (Å²) in [7, 11) is 1.68. The van der Waals surface area contributed by atoms with Crippen LogP contribution in [0.5, 0.6) is 5.75 Å². The third-order valence-electron chi connectivity index (χ3n) is 9.75. The van der Waals surface area contributed by atoms with Gasteiger partial charge in [-0.1, -0.05) is 127 Å². The van der Waals surface area contributed by atoms with Crippen molar-refractivity contribution in [1.82, 2.24) is 9.13 Å². The highest BCUT2D eigenvalue weighted by Crippen LogP contribution is 2.42. The number of ether oxygens (including phenoxy) is 1. The lowest BCUT2D eigenvalue weighted by atomic mass is 9.83. The number of aryl methyl sites for hydroxylation is 1. The lowest BCUT2D eigenvalue weighted by molar-refractivity contribution is 0.414. The zero-order valence-electron chi connectivity index (χ0n) is 27.5. The zero-order chi connectivity index (χ0) is 33.6. The number of benzene rings is 5. The summed E-state index contributed by atoms with van der Waals surface area (Å²) in [5, 5.41) is 0. The van der Waals surface area contributed by atoms with E-state index in [4.69, 9.17) is 9.73 Å². The number of fused-ring (bicyclic) bond motifs is 3. The minimum atomic E-state index is -0.259. The van der Waals surface area contributed by atoms with Crippen molar-refractivity contribution in [3.05, 3.63) is 193 Å². The van der Waals surface area contributed by atoms with E-state index < -0.39 is 0 Å². The van der Waals surface area contributed by atoms with Crippen molar-refractivity contribution < 1.29 is 4.74 Å². The highest BCUT2D eigenvalue weighted by atomic mass is 32.1. The normalized spacial score (nSPS) is 15.2. The highest BCUT2D eigenvalue weighted by Gasteiger charge is 2.32. The monoisotopic (exact) mass is 667 g/mol. The quantitative estimate of drug-likeness (QED) is 0.179. The van der Waals surface area contributed by atoms with Crippen LogP contribution in [-0.4, -0.2) is 16.2 Å². The molecule has 0 saturated heterocycles. The van der Waals surface area contributed by atoms with Crippen molar-refractivity contribution in [1.29, 1.82) is 0 Å². The minimum absolute atomic E-state index is 0.0345. The molecule has 9 rings (SSSR count). The summed E-state index contributed by atoms with van der Waals surface area (Å²) < 4.78 is 10.4. The first-order chi connectivity index (χ1) is 24.7. The molecular weight excluding hydrogens is 635 g/mol. The molecule has 0 spiro atoms. The van der Waals surface area contributed by atoms with Crippen molar-refractivity contribution >= 4 is 23.1 Å². The van der Waals surface area contributed by atoms with Crippen LogP contribution in [0.4, 0.5) is 0 Å². The van der Waals surface area contributed by atoms with Gasteiger partial charge in [-0.25, -0.2) is 4.99 Å². The topological polar surface area (TPSA) is 48.5 Å². The highest BCUT2D eigenvalue weighted by molar-refractivity contribution is 7.07. The van der Waals surface area contributed by atoms with E-state index in [0.29, 0.717) is 9.33 Å². The summed E-state index contributed by atoms with van der Waals surface area (Å²) in [4.78, 5) is 20.7. The van der Waals surface area contributed by atoms with Gasteiger partial charge in [0.1, 0.15) is 5.75 Å². The summed E-state index contributed by atoms with van der Waals surface area (Å²) in [6, 6.07) is 49.9. The molecule has 5 nitrogen and oxygen atoms in total. The van der Waals surface area contributed by atoms with Gasteiger partial charge in [0.05, 0.1) is 34.8 Å². The van der Waals surface area contributed by atoms with Crippen LogP contribution in [0.2, 0.25) is 0 Å². The maximum Gasteiger partial charge on any atom is 0.271 e. The minimum Gasteiger partial charge on any atom is -0.497 e. The summed E-state index contributed by atoms with van der Waals surface area (Å²) in [5.41, 5.74) is 11.9. The summed E-state index contributed by atoms with van der Waals surface area (Å²) in [6.07, 6.45) is 3.83. The second kappa shape index (κ2) is 12.5. The smallest absolute Gasteiger partial charge is 0.271 e. The second-order valence-corrected chi connectivity index (χ2v) is 13.6. The van der Waals surface area contributed by atoms with Crippen LogP contribution in [0.1, 0.15) is 34.7 Å². The molecule has 7 aromatic rings. The van der Waals surface area contributed by atoms with E-state index in [1.807, 2.05) is 34.9 Å². The van der Waals surface area contributed by atoms with E-state index in [0.717, 1.165) is 69.2 Å². The molecule has 0 fully saturated rings. The van der Waals surface area contributed by atoms with Gasteiger partial charge in [-0.05, 0) is 77.1 Å². The van der Waals surface area contributed by atoms with E-state index in [9.17, 15) is 4.79 Å². The number of methoxy groups -OCH3 is 1. The number of thiazole rings is 1. The van der Waals surface area contributed by atoms with Crippen LogP contribution in [0.3, 0.4) is 0 Å². The van der Waals surface area contributed by atoms with Crippen LogP contribution in [0.25, 0.3) is 40.0 Å². The standard InChI is InChI=1S/C44H33N3O2S/c1-49-35-24-21-32(22-25-35)42-37-26-23-29-13-11-12-20-36(29)40(37)45-44-47(42)43(48)39(50-44)28-33-27-38(30-14-5-2-6-15-30)46(34-18-9-4-10-19-34)41(33)31-16-7-3-8-17-31/h2-22,24-25,27-28,42H,23,26H2,1H3/b39-28+/t42-/m1/s1. The van der Waals surface area contributed by atoms with E-state index in [-0.39, 0.29) is 11.6 Å². The fourth-order valence-electron chi connectivity index (χ4n) is 7.45. The Labute approximate surface area is 294 Å². The number of allylic oxidation sites excluding steroid dienone is 1. The first kappa shape index (κ1) is 30.1. The zero-order valence-corrected chi connectivity index (χ0v) is 28.3. The first-order valence-corrected chi connectivity index (χ1v) is 17.7. The number of hydrogen-bond donors (Lipinski definition) is 0. The fraction of sp³-hybridized carbons (Fsp3) is 0.0909. The Balaban J connectivity index is 1.31. The second-order valence-electron chi connectivity index (χ2n) is 12.6. The molecule has 1 aliphatic heterocycles. The molecule has 0 saturated carbocycles. The van der Waals surface area contributed by atoms with Gasteiger partial charge in [0.2, 0.25) is 0 Å². The molecular formula is C44H33N3O2S. The molecule has 0 radical (unpaired) electrons. The Morgan fingerprint density at radius 2 is 1.42 bits per heavy atom. The first-order valence-electron chi connectivity index (χ1n) is 16.9. The molecule has 0 N–H and O–H groups in total. The Morgan fingerprint density at radius 3 is 2.14 bits per heavy atom. The van der Waals surface area contributed by atoms with Gasteiger partial charge >= 0.3 is 0 Å². The van der Waals surface area contributed by atoms with E-state index in [1.165, 1.54) is 22.5 Å². The Morgan fingerprint density at radius 1 is 0.760 bits per heavy atom. The van der Waals surface area contributed by atoms with E-state index in [2.05, 4.69) is 126 Å². The summed E-state index contributed by atoms with van der Waals surface area (Å²) >= 11 is 1.46. The van der Waals surface area contributed by atoms with Crippen molar-refractivity contribution in [2.24, 2.45) is 4.99 Å². The van der Waals surface area contributed by atoms with Gasteiger partial charge in [-0.2, -0.15) is 0 Å². The predicted octanol–water partition coefficient (Wildman–Crippen LogP) is 8.45. The largest absolute Gasteiger partial charge is 0.497 e. The fourth-order valence-corrected chi connectivity index (χ4v) is 8.44.